The summed E-state index contributed by atoms with van der Waals surface area (Å²) >= 11 is 6.17. The van der Waals surface area contributed by atoms with Crippen LogP contribution in [-0.2, 0) is 9.53 Å². The molecule has 0 aromatic heterocycles. The zero-order chi connectivity index (χ0) is 23.3. The number of benzene rings is 2. The normalized spacial score (nSPS) is 15.9. The number of esters is 1. The molecular formula is C22H22ClN3O6. The number of nitro benzene ring substituents is 1. The highest BCUT2D eigenvalue weighted by Gasteiger charge is 2.38. The summed E-state index contributed by atoms with van der Waals surface area (Å²) in [4.78, 5) is 37.7. The fraction of sp³-hybridized carbons (Fsp3) is 0.273. The van der Waals surface area contributed by atoms with Crippen molar-refractivity contribution in [2.75, 3.05) is 19.8 Å². The number of para-hydroxylation sites is 1. The molecule has 10 heteroatoms. The number of urea groups is 1. The molecule has 1 heterocycles. The fourth-order valence-electron chi connectivity index (χ4n) is 3.39. The van der Waals surface area contributed by atoms with E-state index in [1.807, 2.05) is 0 Å². The second-order valence-electron chi connectivity index (χ2n) is 6.78. The van der Waals surface area contributed by atoms with Gasteiger partial charge in [-0.3, -0.25) is 15.0 Å². The topological polar surface area (TPSA) is 111 Å². The highest BCUT2D eigenvalue weighted by molar-refractivity contribution is 6.32. The molecule has 1 atom stereocenters. The maximum atomic E-state index is 13.0. The van der Waals surface area contributed by atoms with E-state index in [9.17, 15) is 19.7 Å². The maximum absolute atomic E-state index is 13.0. The van der Waals surface area contributed by atoms with Gasteiger partial charge in [0.05, 0.1) is 33.9 Å². The van der Waals surface area contributed by atoms with Gasteiger partial charge in [0.25, 0.3) is 5.69 Å². The molecule has 0 aliphatic carbocycles. The first-order valence-electron chi connectivity index (χ1n) is 9.97. The third kappa shape index (κ3) is 4.83. The molecule has 1 aliphatic rings. The van der Waals surface area contributed by atoms with Crippen molar-refractivity contribution in [3.63, 3.8) is 0 Å². The molecule has 0 fully saturated rings. The summed E-state index contributed by atoms with van der Waals surface area (Å²) in [5.74, 6) is -0.217. The summed E-state index contributed by atoms with van der Waals surface area (Å²) in [5.41, 5.74) is 0.917. The number of rotatable bonds is 8. The van der Waals surface area contributed by atoms with Gasteiger partial charge in [0, 0.05) is 18.7 Å². The van der Waals surface area contributed by atoms with Crippen LogP contribution >= 0.6 is 11.6 Å². The second kappa shape index (κ2) is 10.1. The largest absolute Gasteiger partial charge is 0.486 e. The molecule has 0 saturated heterocycles. The summed E-state index contributed by atoms with van der Waals surface area (Å²) in [5, 5.41) is 14.2. The van der Waals surface area contributed by atoms with Crippen molar-refractivity contribution in [1.29, 1.82) is 0 Å². The molecule has 32 heavy (non-hydrogen) atoms. The zero-order valence-corrected chi connectivity index (χ0v) is 18.3. The molecular weight excluding hydrogens is 438 g/mol. The Morgan fingerprint density at radius 3 is 2.47 bits per heavy atom. The van der Waals surface area contributed by atoms with Gasteiger partial charge in [-0.05, 0) is 43.7 Å². The summed E-state index contributed by atoms with van der Waals surface area (Å²) in [6, 6.07) is 11.2. The van der Waals surface area contributed by atoms with Crippen LogP contribution in [0.5, 0.6) is 5.75 Å². The Morgan fingerprint density at radius 2 is 1.88 bits per heavy atom. The Labute approximate surface area is 189 Å². The van der Waals surface area contributed by atoms with Crippen LogP contribution in [0, 0.1) is 10.1 Å². The third-order valence-corrected chi connectivity index (χ3v) is 5.20. The van der Waals surface area contributed by atoms with E-state index in [0.29, 0.717) is 22.0 Å². The Kier molecular flexibility index (Phi) is 7.32. The lowest BCUT2D eigenvalue weighted by Gasteiger charge is -2.36. The highest BCUT2D eigenvalue weighted by Crippen LogP contribution is 2.33. The molecule has 0 radical (unpaired) electrons. The number of hydrogen-bond donors (Lipinski definition) is 1. The molecule has 2 aromatic rings. The number of likely N-dealkylation sites (N-methyl/N-ethyl adjacent to an activating group) is 1. The van der Waals surface area contributed by atoms with Crippen molar-refractivity contribution in [1.82, 2.24) is 10.2 Å². The predicted molar refractivity (Wildman–Crippen MR) is 117 cm³/mol. The fourth-order valence-corrected chi connectivity index (χ4v) is 3.58. The van der Waals surface area contributed by atoms with Crippen LogP contribution in [0.25, 0.3) is 0 Å². The van der Waals surface area contributed by atoms with Crippen LogP contribution in [-0.4, -0.2) is 41.6 Å². The number of nitro groups is 1. The van der Waals surface area contributed by atoms with Gasteiger partial charge in [0.1, 0.15) is 12.4 Å². The first-order valence-corrected chi connectivity index (χ1v) is 10.3. The smallest absolute Gasteiger partial charge is 0.338 e. The van der Waals surface area contributed by atoms with Crippen LogP contribution in [0.4, 0.5) is 10.5 Å². The van der Waals surface area contributed by atoms with E-state index in [-0.39, 0.29) is 31.0 Å². The summed E-state index contributed by atoms with van der Waals surface area (Å²) < 4.78 is 11.1. The first kappa shape index (κ1) is 23.1. The van der Waals surface area contributed by atoms with Gasteiger partial charge in [-0.1, -0.05) is 23.7 Å². The molecule has 0 spiro atoms. The standard InChI is InChI=1S/C22H22ClN3O6/c1-3-25-17(13-32-18-8-6-5-7-16(18)23)19(21(27)31-4-2)20(24-22(25)28)14-9-11-15(12-10-14)26(29)30/h5-12,20H,3-4,13H2,1-2H3,(H,24,28)/t20-/m0/s1. The molecule has 0 saturated carbocycles. The van der Waals surface area contributed by atoms with Crippen LogP contribution in [0.3, 0.4) is 0 Å². The minimum Gasteiger partial charge on any atom is -0.486 e. The Morgan fingerprint density at radius 1 is 1.19 bits per heavy atom. The van der Waals surface area contributed by atoms with Crippen LogP contribution in [0.15, 0.2) is 59.8 Å². The average molecular weight is 460 g/mol. The molecule has 1 N–H and O–H groups in total. The summed E-state index contributed by atoms with van der Waals surface area (Å²) in [6.07, 6.45) is 0. The minimum absolute atomic E-state index is 0.102. The van der Waals surface area contributed by atoms with Crippen molar-refractivity contribution in [2.45, 2.75) is 19.9 Å². The van der Waals surface area contributed by atoms with E-state index in [1.54, 1.807) is 38.1 Å². The van der Waals surface area contributed by atoms with E-state index in [0.717, 1.165) is 0 Å². The number of halogens is 1. The van der Waals surface area contributed by atoms with Crippen molar-refractivity contribution >= 4 is 29.3 Å². The predicted octanol–water partition coefficient (Wildman–Crippen LogP) is 4.23. The van der Waals surface area contributed by atoms with E-state index in [2.05, 4.69) is 5.32 Å². The van der Waals surface area contributed by atoms with E-state index < -0.39 is 23.0 Å². The maximum Gasteiger partial charge on any atom is 0.338 e. The van der Waals surface area contributed by atoms with Gasteiger partial charge in [0.15, 0.2) is 0 Å². The third-order valence-electron chi connectivity index (χ3n) is 4.89. The van der Waals surface area contributed by atoms with Gasteiger partial charge in [-0.15, -0.1) is 0 Å². The van der Waals surface area contributed by atoms with E-state index >= 15 is 0 Å². The Balaban J connectivity index is 2.07. The van der Waals surface area contributed by atoms with Gasteiger partial charge in [-0.2, -0.15) is 0 Å². The van der Waals surface area contributed by atoms with E-state index in [1.165, 1.54) is 29.2 Å². The number of carbonyl (C=O) groups excluding carboxylic acids is 2. The number of ether oxygens (including phenoxy) is 2. The number of carbonyl (C=O) groups is 2. The molecule has 0 unspecified atom stereocenters. The van der Waals surface area contributed by atoms with Gasteiger partial charge in [-0.25, -0.2) is 9.59 Å². The van der Waals surface area contributed by atoms with Crippen molar-refractivity contribution in [2.24, 2.45) is 0 Å². The van der Waals surface area contributed by atoms with Crippen molar-refractivity contribution in [3.8, 4) is 5.75 Å². The lowest BCUT2D eigenvalue weighted by atomic mass is 9.94. The Hall–Kier alpha value is -3.59. The SMILES string of the molecule is CCOC(=O)C1=C(COc2ccccc2Cl)N(CC)C(=O)N[C@H]1c1ccc([N+](=O)[O-])cc1. The number of non-ortho nitro benzene ring substituents is 1. The Bertz CT molecular complexity index is 1050. The summed E-state index contributed by atoms with van der Waals surface area (Å²) in [6.45, 7) is 3.75. The molecule has 0 bridgehead atoms. The number of hydrogen-bond acceptors (Lipinski definition) is 6. The zero-order valence-electron chi connectivity index (χ0n) is 17.5. The molecule has 9 nitrogen and oxygen atoms in total. The monoisotopic (exact) mass is 459 g/mol. The lowest BCUT2D eigenvalue weighted by Crippen LogP contribution is -2.49. The molecule has 2 amide bonds. The summed E-state index contributed by atoms with van der Waals surface area (Å²) in [7, 11) is 0. The number of nitrogens with zero attached hydrogens (tertiary/aromatic N) is 2. The minimum atomic E-state index is -0.866. The first-order chi connectivity index (χ1) is 15.4. The van der Waals surface area contributed by atoms with Gasteiger partial charge in [0.2, 0.25) is 0 Å². The van der Waals surface area contributed by atoms with Crippen molar-refractivity contribution < 1.29 is 24.0 Å². The molecule has 2 aromatic carbocycles. The van der Waals surface area contributed by atoms with Crippen LogP contribution in [0.2, 0.25) is 5.02 Å². The van der Waals surface area contributed by atoms with E-state index in [4.69, 9.17) is 21.1 Å². The number of amides is 2. The van der Waals surface area contributed by atoms with Crippen molar-refractivity contribution in [3.05, 3.63) is 80.5 Å². The second-order valence-corrected chi connectivity index (χ2v) is 7.18. The van der Waals surface area contributed by atoms with Gasteiger partial charge >= 0.3 is 12.0 Å². The average Bonchev–Trinajstić information content (AvgIpc) is 2.78. The molecule has 3 rings (SSSR count). The lowest BCUT2D eigenvalue weighted by molar-refractivity contribution is -0.384. The quantitative estimate of drug-likeness (QED) is 0.359. The molecule has 1 aliphatic heterocycles. The molecule has 168 valence electrons. The van der Waals surface area contributed by atoms with Crippen LogP contribution < -0.4 is 10.1 Å². The highest BCUT2D eigenvalue weighted by atomic mass is 35.5. The number of nitrogens with one attached hydrogen (secondary N) is 1. The van der Waals surface area contributed by atoms with Crippen LogP contribution in [0.1, 0.15) is 25.5 Å². The van der Waals surface area contributed by atoms with Gasteiger partial charge < -0.3 is 14.8 Å².